The first-order valence-corrected chi connectivity index (χ1v) is 5.27. The molecule has 14 heavy (non-hydrogen) atoms. The third kappa shape index (κ3) is 2.00. The summed E-state index contributed by atoms with van der Waals surface area (Å²) in [6.07, 6.45) is 1.22. The van der Waals surface area contributed by atoms with Gasteiger partial charge in [0, 0.05) is 7.05 Å². The number of nitrogens with one attached hydrogen (secondary N) is 1. The largest absolute Gasteiger partial charge is 0.251 e. The Morgan fingerprint density at radius 1 is 1.71 bits per heavy atom. The van der Waals surface area contributed by atoms with Crippen molar-refractivity contribution < 1.29 is 8.42 Å². The van der Waals surface area contributed by atoms with Crippen molar-refractivity contribution in [2.75, 3.05) is 4.72 Å². The van der Waals surface area contributed by atoms with Gasteiger partial charge in [0.2, 0.25) is 5.95 Å². The zero-order chi connectivity index (χ0) is 10.8. The van der Waals surface area contributed by atoms with Crippen LogP contribution in [-0.4, -0.2) is 28.4 Å². The highest BCUT2D eigenvalue weighted by Gasteiger charge is 2.21. The Bertz CT molecular complexity index is 457. The second-order valence-electron chi connectivity index (χ2n) is 2.63. The highest BCUT2D eigenvalue weighted by atomic mass is 32.2. The van der Waals surface area contributed by atoms with E-state index in [9.17, 15) is 8.42 Å². The number of hydrogen-bond donors (Lipinski definition) is 1. The molecular formula is C6H9N5O2S. The fraction of sp³-hybridized carbons (Fsp3) is 0.500. The molecule has 1 rings (SSSR count). The lowest BCUT2D eigenvalue weighted by Gasteiger charge is -2.07. The molecule has 1 heterocycles. The zero-order valence-corrected chi connectivity index (χ0v) is 8.48. The monoisotopic (exact) mass is 215 g/mol. The zero-order valence-electron chi connectivity index (χ0n) is 7.67. The summed E-state index contributed by atoms with van der Waals surface area (Å²) in [7, 11) is -2.15. The van der Waals surface area contributed by atoms with E-state index in [1.807, 2.05) is 0 Å². The Hall–Kier alpha value is -1.62. The number of rotatable bonds is 3. The number of aromatic nitrogens is 3. The van der Waals surface area contributed by atoms with Crippen LogP contribution >= 0.6 is 0 Å². The molecule has 0 fully saturated rings. The Morgan fingerprint density at radius 2 is 2.36 bits per heavy atom. The summed E-state index contributed by atoms with van der Waals surface area (Å²) in [6, 6.07) is 1.63. The Kier molecular flexibility index (Phi) is 2.71. The minimum atomic E-state index is -3.69. The summed E-state index contributed by atoms with van der Waals surface area (Å²) in [5.74, 6) is 0.0899. The molecule has 1 atom stereocenters. The predicted octanol–water partition coefficient (Wildman–Crippen LogP) is -0.531. The van der Waals surface area contributed by atoms with E-state index in [4.69, 9.17) is 5.26 Å². The van der Waals surface area contributed by atoms with Crippen LogP contribution in [0.2, 0.25) is 0 Å². The number of nitriles is 1. The van der Waals surface area contributed by atoms with Gasteiger partial charge in [-0.1, -0.05) is 0 Å². The molecule has 0 amide bonds. The lowest BCUT2D eigenvalue weighted by Crippen LogP contribution is -2.25. The molecule has 0 saturated carbocycles. The van der Waals surface area contributed by atoms with Crippen molar-refractivity contribution in [3.05, 3.63) is 6.33 Å². The van der Waals surface area contributed by atoms with Crippen LogP contribution in [0.5, 0.6) is 0 Å². The topological polar surface area (TPSA) is 101 Å². The number of sulfonamides is 1. The van der Waals surface area contributed by atoms with E-state index >= 15 is 0 Å². The second-order valence-corrected chi connectivity index (χ2v) is 4.63. The van der Waals surface area contributed by atoms with E-state index < -0.39 is 15.3 Å². The summed E-state index contributed by atoms with van der Waals surface area (Å²) in [4.78, 5) is 3.67. The first-order chi connectivity index (χ1) is 6.47. The molecule has 0 aliphatic heterocycles. The van der Waals surface area contributed by atoms with Gasteiger partial charge in [-0.2, -0.15) is 15.3 Å². The van der Waals surface area contributed by atoms with Crippen LogP contribution in [0, 0.1) is 11.3 Å². The van der Waals surface area contributed by atoms with Crippen LogP contribution in [0.3, 0.4) is 0 Å². The molecule has 0 aliphatic carbocycles. The minimum absolute atomic E-state index is 0.0899. The van der Waals surface area contributed by atoms with Gasteiger partial charge in [0.15, 0.2) is 5.25 Å². The first kappa shape index (κ1) is 10.5. The average molecular weight is 215 g/mol. The van der Waals surface area contributed by atoms with Crippen molar-refractivity contribution in [3.63, 3.8) is 0 Å². The maximum atomic E-state index is 11.4. The van der Waals surface area contributed by atoms with Gasteiger partial charge in [-0.05, 0) is 6.92 Å². The summed E-state index contributed by atoms with van der Waals surface area (Å²) in [6.45, 7) is 1.29. The molecule has 7 nitrogen and oxygen atoms in total. The molecule has 0 spiro atoms. The highest BCUT2D eigenvalue weighted by Crippen LogP contribution is 2.06. The SMILES string of the molecule is CC(C#N)S(=O)(=O)Nc1ncnn1C. The lowest BCUT2D eigenvalue weighted by atomic mass is 10.5. The number of nitrogens with zero attached hydrogens (tertiary/aromatic N) is 4. The van der Waals surface area contributed by atoms with E-state index in [1.165, 1.54) is 17.9 Å². The van der Waals surface area contributed by atoms with Crippen LogP contribution in [0.25, 0.3) is 0 Å². The number of anilines is 1. The van der Waals surface area contributed by atoms with Gasteiger partial charge >= 0.3 is 0 Å². The van der Waals surface area contributed by atoms with E-state index in [1.54, 1.807) is 13.1 Å². The van der Waals surface area contributed by atoms with Gasteiger partial charge in [0.05, 0.1) is 6.07 Å². The third-order valence-corrected chi connectivity index (χ3v) is 3.10. The molecule has 1 aromatic heterocycles. The maximum Gasteiger partial charge on any atom is 0.251 e. The maximum absolute atomic E-state index is 11.4. The second kappa shape index (κ2) is 3.63. The molecule has 0 bridgehead atoms. The summed E-state index contributed by atoms with van der Waals surface area (Å²) < 4.78 is 26.2. The average Bonchev–Trinajstić information content (AvgIpc) is 2.50. The lowest BCUT2D eigenvalue weighted by molar-refractivity contribution is 0.596. The van der Waals surface area contributed by atoms with Crippen molar-refractivity contribution in [3.8, 4) is 6.07 Å². The van der Waals surface area contributed by atoms with Gasteiger partial charge in [-0.25, -0.2) is 13.1 Å². The van der Waals surface area contributed by atoms with E-state index in [-0.39, 0.29) is 5.95 Å². The van der Waals surface area contributed by atoms with Crippen molar-refractivity contribution in [2.24, 2.45) is 7.05 Å². The van der Waals surface area contributed by atoms with Crippen LogP contribution in [0.4, 0.5) is 5.95 Å². The van der Waals surface area contributed by atoms with Crippen LogP contribution < -0.4 is 4.72 Å². The predicted molar refractivity (Wildman–Crippen MR) is 48.6 cm³/mol. The molecule has 0 saturated heterocycles. The van der Waals surface area contributed by atoms with Crippen LogP contribution in [-0.2, 0) is 17.1 Å². The van der Waals surface area contributed by atoms with E-state index in [0.717, 1.165) is 0 Å². The van der Waals surface area contributed by atoms with Crippen molar-refractivity contribution in [1.82, 2.24) is 14.8 Å². The Labute approximate surface area is 81.4 Å². The Morgan fingerprint density at radius 3 is 2.79 bits per heavy atom. The molecule has 1 N–H and O–H groups in total. The van der Waals surface area contributed by atoms with E-state index in [0.29, 0.717) is 0 Å². The van der Waals surface area contributed by atoms with Crippen LogP contribution in [0.1, 0.15) is 6.92 Å². The summed E-state index contributed by atoms with van der Waals surface area (Å²) in [5.41, 5.74) is 0. The normalized spacial score (nSPS) is 13.2. The third-order valence-electron chi connectivity index (χ3n) is 1.59. The quantitative estimate of drug-likeness (QED) is 0.730. The molecular weight excluding hydrogens is 206 g/mol. The van der Waals surface area contributed by atoms with E-state index in [2.05, 4.69) is 14.8 Å². The van der Waals surface area contributed by atoms with Gasteiger partial charge in [-0.3, -0.25) is 4.72 Å². The van der Waals surface area contributed by atoms with Crippen molar-refractivity contribution >= 4 is 16.0 Å². The Balaban J connectivity index is 2.91. The minimum Gasteiger partial charge on any atom is -0.250 e. The smallest absolute Gasteiger partial charge is 0.250 e. The molecule has 1 aromatic rings. The van der Waals surface area contributed by atoms with Gasteiger partial charge < -0.3 is 0 Å². The highest BCUT2D eigenvalue weighted by molar-refractivity contribution is 7.93. The fourth-order valence-corrected chi connectivity index (χ4v) is 1.43. The molecule has 0 aromatic carbocycles. The number of hydrogen-bond acceptors (Lipinski definition) is 5. The van der Waals surface area contributed by atoms with Crippen LogP contribution in [0.15, 0.2) is 6.33 Å². The summed E-state index contributed by atoms with van der Waals surface area (Å²) >= 11 is 0. The summed E-state index contributed by atoms with van der Waals surface area (Å²) in [5, 5.41) is 11.0. The number of aryl methyl sites for hydroxylation is 1. The van der Waals surface area contributed by atoms with Crippen molar-refractivity contribution in [2.45, 2.75) is 12.2 Å². The van der Waals surface area contributed by atoms with Crippen molar-refractivity contribution in [1.29, 1.82) is 5.26 Å². The first-order valence-electron chi connectivity index (χ1n) is 3.72. The fourth-order valence-electron chi connectivity index (χ4n) is 0.674. The molecule has 0 radical (unpaired) electrons. The molecule has 0 aliphatic rings. The van der Waals surface area contributed by atoms with Gasteiger partial charge in [0.1, 0.15) is 6.33 Å². The van der Waals surface area contributed by atoms with Gasteiger partial charge in [-0.15, -0.1) is 0 Å². The van der Waals surface area contributed by atoms with Gasteiger partial charge in [0.25, 0.3) is 10.0 Å². The molecule has 76 valence electrons. The molecule has 8 heteroatoms. The molecule has 1 unspecified atom stereocenters. The standard InChI is InChI=1S/C6H9N5O2S/c1-5(3-7)14(12,13)10-6-8-4-9-11(6)2/h4-5H,1-2H3,(H,8,9,10).